The predicted octanol–water partition coefficient (Wildman–Crippen LogP) is 1.37. The van der Waals surface area contributed by atoms with Gasteiger partial charge in [0.1, 0.15) is 16.9 Å². The molecule has 1 aromatic heterocycles. The first-order valence-corrected chi connectivity index (χ1v) is 7.15. The molecule has 0 radical (unpaired) electrons. The topological polar surface area (TPSA) is 94.8 Å². The average Bonchev–Trinajstić information content (AvgIpc) is 2.60. The number of aromatic hydroxyl groups is 1. The number of hydrogen-bond acceptors (Lipinski definition) is 6. The lowest BCUT2D eigenvalue weighted by molar-refractivity contribution is 0.0594. The number of phenols is 1. The summed E-state index contributed by atoms with van der Waals surface area (Å²) in [5, 5.41) is 9.28. The first kappa shape index (κ1) is 17.3. The molecule has 0 amide bonds. The highest BCUT2D eigenvalue weighted by atomic mass is 16.5. The Morgan fingerprint density at radius 3 is 1.96 bits per heavy atom. The molecule has 2 aromatic rings. The third-order valence-electron chi connectivity index (χ3n) is 3.48. The number of aromatic nitrogens is 1. The lowest BCUT2D eigenvalue weighted by Crippen LogP contribution is -2.26. The van der Waals surface area contributed by atoms with Gasteiger partial charge in [-0.1, -0.05) is 12.1 Å². The van der Waals surface area contributed by atoms with Gasteiger partial charge < -0.3 is 19.1 Å². The number of phenolic OH excluding ortho intramolecular Hbond substituents is 1. The van der Waals surface area contributed by atoms with Crippen LogP contribution in [0.25, 0.3) is 0 Å². The quantitative estimate of drug-likeness (QED) is 0.832. The van der Waals surface area contributed by atoms with Crippen molar-refractivity contribution in [2.24, 2.45) is 0 Å². The van der Waals surface area contributed by atoms with E-state index in [9.17, 15) is 19.5 Å². The fourth-order valence-corrected chi connectivity index (χ4v) is 2.19. The minimum absolute atomic E-state index is 0.170. The smallest absolute Gasteiger partial charge is 0.343 e. The normalized spacial score (nSPS) is 10.2. The van der Waals surface area contributed by atoms with Crippen molar-refractivity contribution in [2.45, 2.75) is 13.0 Å². The lowest BCUT2D eigenvalue weighted by atomic mass is 10.1. The number of benzene rings is 1. The second-order valence-electron chi connectivity index (χ2n) is 5.05. The number of carbonyl (C=O) groups is 2. The minimum Gasteiger partial charge on any atom is -0.508 e. The third-order valence-corrected chi connectivity index (χ3v) is 3.48. The number of esters is 2. The zero-order chi connectivity index (χ0) is 17.7. The molecule has 0 fully saturated rings. The average molecular weight is 331 g/mol. The van der Waals surface area contributed by atoms with E-state index in [4.69, 9.17) is 0 Å². The van der Waals surface area contributed by atoms with Crippen LogP contribution in [0.2, 0.25) is 0 Å². The number of nitrogens with zero attached hydrogens (tertiary/aromatic N) is 1. The number of rotatable bonds is 5. The molecule has 0 spiro atoms. The standard InChI is InChI=1S/C17H17NO6/c1-23-16(21)13-9-18(10-14(15(13)20)17(22)24-2)8-7-11-3-5-12(19)6-4-11/h3-6,9-10,19H,7-8H2,1-2H3. The summed E-state index contributed by atoms with van der Waals surface area (Å²) < 4.78 is 10.7. The van der Waals surface area contributed by atoms with Gasteiger partial charge in [0, 0.05) is 18.9 Å². The first-order chi connectivity index (χ1) is 11.5. The van der Waals surface area contributed by atoms with Crippen molar-refractivity contribution in [1.29, 1.82) is 0 Å². The van der Waals surface area contributed by atoms with Crippen molar-refractivity contribution in [3.05, 3.63) is 63.6 Å². The van der Waals surface area contributed by atoms with Crippen molar-refractivity contribution in [2.75, 3.05) is 14.2 Å². The summed E-state index contributed by atoms with van der Waals surface area (Å²) in [6, 6.07) is 6.67. The van der Waals surface area contributed by atoms with Crippen LogP contribution in [0.15, 0.2) is 41.5 Å². The van der Waals surface area contributed by atoms with Crippen LogP contribution in [0.5, 0.6) is 5.75 Å². The van der Waals surface area contributed by atoms with Crippen LogP contribution in [0.4, 0.5) is 0 Å². The Bertz CT molecular complexity index is 767. The molecular weight excluding hydrogens is 314 g/mol. The monoisotopic (exact) mass is 331 g/mol. The molecule has 0 atom stereocenters. The number of methoxy groups -OCH3 is 2. The summed E-state index contributed by atoms with van der Waals surface area (Å²) in [4.78, 5) is 35.7. The van der Waals surface area contributed by atoms with Gasteiger partial charge in [-0.25, -0.2) is 9.59 Å². The van der Waals surface area contributed by atoms with Crippen LogP contribution in [-0.2, 0) is 22.4 Å². The minimum atomic E-state index is -0.816. The van der Waals surface area contributed by atoms with Crippen molar-refractivity contribution >= 4 is 11.9 Å². The van der Waals surface area contributed by atoms with Gasteiger partial charge in [0.15, 0.2) is 0 Å². The maximum Gasteiger partial charge on any atom is 0.343 e. The molecule has 0 saturated carbocycles. The third kappa shape index (κ3) is 3.81. The van der Waals surface area contributed by atoms with E-state index in [-0.39, 0.29) is 16.9 Å². The van der Waals surface area contributed by atoms with Gasteiger partial charge in [-0.05, 0) is 24.1 Å². The molecule has 0 bridgehead atoms. The van der Waals surface area contributed by atoms with Crippen LogP contribution >= 0.6 is 0 Å². The molecule has 0 saturated heterocycles. The largest absolute Gasteiger partial charge is 0.508 e. The van der Waals surface area contributed by atoms with Crippen LogP contribution in [-0.4, -0.2) is 35.8 Å². The number of carbonyl (C=O) groups excluding carboxylic acids is 2. The maximum atomic E-state index is 12.2. The summed E-state index contributed by atoms with van der Waals surface area (Å²) in [5.74, 6) is -1.46. The molecule has 126 valence electrons. The molecule has 1 aromatic carbocycles. The molecule has 7 heteroatoms. The number of hydrogen-bond donors (Lipinski definition) is 1. The van der Waals surface area contributed by atoms with E-state index < -0.39 is 17.4 Å². The van der Waals surface area contributed by atoms with Crippen molar-refractivity contribution in [3.8, 4) is 5.75 Å². The van der Waals surface area contributed by atoms with Gasteiger partial charge in [0.05, 0.1) is 14.2 Å². The Balaban J connectivity index is 2.34. The molecule has 2 rings (SSSR count). The van der Waals surface area contributed by atoms with Gasteiger partial charge in [-0.15, -0.1) is 0 Å². The maximum absolute atomic E-state index is 12.2. The Morgan fingerprint density at radius 2 is 1.50 bits per heavy atom. The number of aryl methyl sites for hydroxylation is 2. The summed E-state index contributed by atoms with van der Waals surface area (Å²) in [6.07, 6.45) is 3.27. The van der Waals surface area contributed by atoms with Gasteiger partial charge >= 0.3 is 11.9 Å². The zero-order valence-electron chi connectivity index (χ0n) is 13.3. The zero-order valence-corrected chi connectivity index (χ0v) is 13.3. The van der Waals surface area contributed by atoms with E-state index in [1.54, 1.807) is 28.8 Å². The van der Waals surface area contributed by atoms with Crippen LogP contribution in [0.1, 0.15) is 26.3 Å². The molecular formula is C17H17NO6. The first-order valence-electron chi connectivity index (χ1n) is 7.15. The molecule has 0 aliphatic carbocycles. The SMILES string of the molecule is COC(=O)c1cn(CCc2ccc(O)cc2)cc(C(=O)OC)c1=O. The van der Waals surface area contributed by atoms with Crippen molar-refractivity contribution in [3.63, 3.8) is 0 Å². The molecule has 7 nitrogen and oxygen atoms in total. The van der Waals surface area contributed by atoms with Crippen molar-refractivity contribution < 1.29 is 24.2 Å². The van der Waals surface area contributed by atoms with Gasteiger partial charge in [0.25, 0.3) is 0 Å². The number of pyridine rings is 1. The van der Waals surface area contributed by atoms with Crippen LogP contribution < -0.4 is 5.43 Å². The van der Waals surface area contributed by atoms with Gasteiger partial charge in [-0.3, -0.25) is 4.79 Å². The summed E-state index contributed by atoms with van der Waals surface area (Å²) in [6.45, 7) is 0.416. The van der Waals surface area contributed by atoms with Gasteiger partial charge in [0.2, 0.25) is 5.43 Å². The fraction of sp³-hybridized carbons (Fsp3) is 0.235. The predicted molar refractivity (Wildman–Crippen MR) is 85.2 cm³/mol. The van der Waals surface area contributed by atoms with E-state index in [0.717, 1.165) is 19.8 Å². The van der Waals surface area contributed by atoms with E-state index >= 15 is 0 Å². The molecule has 0 aliphatic rings. The highest BCUT2D eigenvalue weighted by Crippen LogP contribution is 2.11. The Morgan fingerprint density at radius 1 is 1.00 bits per heavy atom. The Hall–Kier alpha value is -3.09. The second kappa shape index (κ2) is 7.45. The highest BCUT2D eigenvalue weighted by Gasteiger charge is 2.20. The van der Waals surface area contributed by atoms with E-state index in [0.29, 0.717) is 13.0 Å². The van der Waals surface area contributed by atoms with Crippen LogP contribution in [0, 0.1) is 0 Å². The molecule has 1 heterocycles. The summed E-state index contributed by atoms with van der Waals surface area (Å²) >= 11 is 0. The lowest BCUT2D eigenvalue weighted by Gasteiger charge is -2.11. The fourth-order valence-electron chi connectivity index (χ4n) is 2.19. The van der Waals surface area contributed by atoms with E-state index in [2.05, 4.69) is 9.47 Å². The van der Waals surface area contributed by atoms with Crippen molar-refractivity contribution in [1.82, 2.24) is 4.57 Å². The molecule has 1 N–H and O–H groups in total. The highest BCUT2D eigenvalue weighted by molar-refractivity contribution is 5.94. The number of ether oxygens (including phenoxy) is 2. The van der Waals surface area contributed by atoms with E-state index in [1.807, 2.05) is 0 Å². The molecule has 0 unspecified atom stereocenters. The van der Waals surface area contributed by atoms with Crippen LogP contribution in [0.3, 0.4) is 0 Å². The second-order valence-corrected chi connectivity index (χ2v) is 5.05. The molecule has 0 aliphatic heterocycles. The van der Waals surface area contributed by atoms with Gasteiger partial charge in [-0.2, -0.15) is 0 Å². The Kier molecular flexibility index (Phi) is 5.36. The summed E-state index contributed by atoms with van der Waals surface area (Å²) in [5.41, 5.74) is -0.238. The van der Waals surface area contributed by atoms with E-state index in [1.165, 1.54) is 12.4 Å². The Labute approximate surface area is 138 Å². The molecule has 24 heavy (non-hydrogen) atoms. The summed E-state index contributed by atoms with van der Waals surface area (Å²) in [7, 11) is 2.32.